The lowest BCUT2D eigenvalue weighted by atomic mass is 10.2. The molecule has 1 amide bonds. The van der Waals surface area contributed by atoms with Crippen molar-refractivity contribution in [3.8, 4) is 0 Å². The summed E-state index contributed by atoms with van der Waals surface area (Å²) in [5.74, 6) is -0.229. The SMILES string of the molecule is C=C(C)C(=O)N(CCC)CCC(F)F. The number of carbonyl (C=O) groups is 1. The maximum Gasteiger partial charge on any atom is 0.248 e. The molecule has 82 valence electrons. The van der Waals surface area contributed by atoms with Crippen molar-refractivity contribution in [3.63, 3.8) is 0 Å². The van der Waals surface area contributed by atoms with Gasteiger partial charge in [0.05, 0.1) is 0 Å². The number of amides is 1. The van der Waals surface area contributed by atoms with Gasteiger partial charge < -0.3 is 4.90 Å². The summed E-state index contributed by atoms with van der Waals surface area (Å²) in [5, 5.41) is 0. The van der Waals surface area contributed by atoms with E-state index in [0.29, 0.717) is 12.1 Å². The molecule has 0 spiro atoms. The molecular weight excluding hydrogens is 188 g/mol. The topological polar surface area (TPSA) is 20.3 Å². The first kappa shape index (κ1) is 13.1. The lowest BCUT2D eigenvalue weighted by Crippen LogP contribution is -2.33. The highest BCUT2D eigenvalue weighted by molar-refractivity contribution is 5.92. The fourth-order valence-corrected chi connectivity index (χ4v) is 1.11. The van der Waals surface area contributed by atoms with Crippen LogP contribution in [0.15, 0.2) is 12.2 Å². The van der Waals surface area contributed by atoms with Gasteiger partial charge in [-0.05, 0) is 13.3 Å². The van der Waals surface area contributed by atoms with Crippen molar-refractivity contribution in [1.29, 1.82) is 0 Å². The minimum atomic E-state index is -2.35. The summed E-state index contributed by atoms with van der Waals surface area (Å²) < 4.78 is 23.9. The van der Waals surface area contributed by atoms with Gasteiger partial charge >= 0.3 is 0 Å². The highest BCUT2D eigenvalue weighted by Gasteiger charge is 2.14. The maximum absolute atomic E-state index is 11.9. The molecule has 0 aliphatic heterocycles. The van der Waals surface area contributed by atoms with Crippen LogP contribution < -0.4 is 0 Å². The molecule has 0 N–H and O–H groups in total. The summed E-state index contributed by atoms with van der Waals surface area (Å²) in [6.07, 6.45) is -1.85. The van der Waals surface area contributed by atoms with E-state index in [0.717, 1.165) is 6.42 Å². The second kappa shape index (κ2) is 6.51. The molecule has 0 bridgehead atoms. The van der Waals surface area contributed by atoms with Crippen LogP contribution in [0.1, 0.15) is 26.7 Å². The van der Waals surface area contributed by atoms with Gasteiger partial charge in [-0.2, -0.15) is 0 Å². The van der Waals surface area contributed by atoms with E-state index < -0.39 is 6.43 Å². The fraction of sp³-hybridized carbons (Fsp3) is 0.700. The van der Waals surface area contributed by atoms with Gasteiger partial charge in [-0.25, -0.2) is 8.78 Å². The Kier molecular flexibility index (Phi) is 6.08. The first-order valence-corrected chi connectivity index (χ1v) is 4.72. The minimum Gasteiger partial charge on any atom is -0.339 e. The molecule has 0 heterocycles. The summed E-state index contributed by atoms with van der Waals surface area (Å²) in [5.41, 5.74) is 0.396. The fourth-order valence-electron chi connectivity index (χ4n) is 1.11. The molecule has 0 aromatic carbocycles. The zero-order valence-corrected chi connectivity index (χ0v) is 8.72. The van der Waals surface area contributed by atoms with Crippen LogP contribution in [-0.2, 0) is 4.79 Å². The highest BCUT2D eigenvalue weighted by Crippen LogP contribution is 2.05. The van der Waals surface area contributed by atoms with Crippen LogP contribution in [-0.4, -0.2) is 30.3 Å². The van der Waals surface area contributed by atoms with Crippen LogP contribution in [0.3, 0.4) is 0 Å². The summed E-state index contributed by atoms with van der Waals surface area (Å²) in [7, 11) is 0. The number of carbonyl (C=O) groups excluding carboxylic acids is 1. The van der Waals surface area contributed by atoms with Gasteiger partial charge in [-0.1, -0.05) is 13.5 Å². The molecule has 0 unspecified atom stereocenters. The Hall–Kier alpha value is -0.930. The predicted octanol–water partition coefficient (Wildman–Crippen LogP) is 2.46. The summed E-state index contributed by atoms with van der Waals surface area (Å²) in [6, 6.07) is 0. The Morgan fingerprint density at radius 3 is 2.36 bits per heavy atom. The number of alkyl halides is 2. The number of hydrogen-bond acceptors (Lipinski definition) is 1. The van der Waals surface area contributed by atoms with Gasteiger partial charge in [0.25, 0.3) is 0 Å². The van der Waals surface area contributed by atoms with E-state index in [1.54, 1.807) is 6.92 Å². The van der Waals surface area contributed by atoms with E-state index >= 15 is 0 Å². The molecule has 0 saturated heterocycles. The monoisotopic (exact) mass is 205 g/mol. The molecule has 14 heavy (non-hydrogen) atoms. The molecule has 0 radical (unpaired) electrons. The van der Waals surface area contributed by atoms with E-state index in [4.69, 9.17) is 0 Å². The van der Waals surface area contributed by atoms with Crippen LogP contribution in [0, 0.1) is 0 Å². The maximum atomic E-state index is 11.9. The van der Waals surface area contributed by atoms with Crippen LogP contribution in [0.4, 0.5) is 8.78 Å². The van der Waals surface area contributed by atoms with Crippen molar-refractivity contribution in [2.45, 2.75) is 33.1 Å². The molecule has 0 aromatic rings. The van der Waals surface area contributed by atoms with Crippen molar-refractivity contribution in [2.24, 2.45) is 0 Å². The Morgan fingerprint density at radius 2 is 2.00 bits per heavy atom. The Balaban J connectivity index is 4.14. The normalized spacial score (nSPS) is 10.4. The molecule has 0 rings (SSSR count). The summed E-state index contributed by atoms with van der Waals surface area (Å²) in [4.78, 5) is 12.9. The molecule has 2 nitrogen and oxygen atoms in total. The lowest BCUT2D eigenvalue weighted by molar-refractivity contribution is -0.127. The molecular formula is C10H17F2NO. The highest BCUT2D eigenvalue weighted by atomic mass is 19.3. The number of rotatable bonds is 6. The van der Waals surface area contributed by atoms with E-state index in [1.807, 2.05) is 6.92 Å². The van der Waals surface area contributed by atoms with Crippen molar-refractivity contribution in [2.75, 3.05) is 13.1 Å². The zero-order chi connectivity index (χ0) is 11.1. The quantitative estimate of drug-likeness (QED) is 0.610. The van der Waals surface area contributed by atoms with Crippen LogP contribution >= 0.6 is 0 Å². The summed E-state index contributed by atoms with van der Waals surface area (Å²) >= 11 is 0. The number of nitrogens with zero attached hydrogens (tertiary/aromatic N) is 1. The van der Waals surface area contributed by atoms with E-state index in [1.165, 1.54) is 4.90 Å². The summed E-state index contributed by atoms with van der Waals surface area (Å²) in [6.45, 7) is 7.62. The zero-order valence-electron chi connectivity index (χ0n) is 8.72. The van der Waals surface area contributed by atoms with Gasteiger partial charge in [0.1, 0.15) is 0 Å². The standard InChI is InChI=1S/C10H17F2NO/c1-4-6-13(7-5-9(11)12)10(14)8(2)3/h9H,2,4-7H2,1,3H3. The van der Waals surface area contributed by atoms with Crippen molar-refractivity contribution in [1.82, 2.24) is 4.90 Å². The van der Waals surface area contributed by atoms with Crippen LogP contribution in [0.2, 0.25) is 0 Å². The van der Waals surface area contributed by atoms with Crippen molar-refractivity contribution < 1.29 is 13.6 Å². The van der Waals surface area contributed by atoms with Gasteiger partial charge in [-0.15, -0.1) is 0 Å². The first-order valence-electron chi connectivity index (χ1n) is 4.72. The number of halogens is 2. The molecule has 0 saturated carbocycles. The van der Waals surface area contributed by atoms with Crippen molar-refractivity contribution in [3.05, 3.63) is 12.2 Å². The smallest absolute Gasteiger partial charge is 0.248 e. The van der Waals surface area contributed by atoms with Gasteiger partial charge in [0.2, 0.25) is 12.3 Å². The Morgan fingerprint density at radius 1 is 1.43 bits per heavy atom. The van der Waals surface area contributed by atoms with E-state index in [9.17, 15) is 13.6 Å². The molecule has 4 heteroatoms. The van der Waals surface area contributed by atoms with E-state index in [2.05, 4.69) is 6.58 Å². The molecule has 0 atom stereocenters. The first-order chi connectivity index (χ1) is 6.49. The third-order valence-corrected chi connectivity index (χ3v) is 1.76. The third-order valence-electron chi connectivity index (χ3n) is 1.76. The average molecular weight is 205 g/mol. The van der Waals surface area contributed by atoms with Crippen LogP contribution in [0.5, 0.6) is 0 Å². The average Bonchev–Trinajstić information content (AvgIpc) is 2.10. The third kappa shape index (κ3) is 4.94. The van der Waals surface area contributed by atoms with Crippen molar-refractivity contribution >= 4 is 5.91 Å². The molecule has 0 aliphatic carbocycles. The van der Waals surface area contributed by atoms with Gasteiger partial charge in [0, 0.05) is 25.1 Å². The molecule has 0 aliphatic rings. The molecule has 0 aromatic heterocycles. The Bertz CT molecular complexity index is 204. The Labute approximate surface area is 83.6 Å². The second-order valence-electron chi connectivity index (χ2n) is 3.25. The van der Waals surface area contributed by atoms with Gasteiger partial charge in [0.15, 0.2) is 0 Å². The van der Waals surface area contributed by atoms with Gasteiger partial charge in [-0.3, -0.25) is 4.79 Å². The number of hydrogen-bond donors (Lipinski definition) is 0. The molecule has 0 fully saturated rings. The van der Waals surface area contributed by atoms with Crippen LogP contribution in [0.25, 0.3) is 0 Å². The second-order valence-corrected chi connectivity index (χ2v) is 3.25. The van der Waals surface area contributed by atoms with E-state index in [-0.39, 0.29) is 18.9 Å². The lowest BCUT2D eigenvalue weighted by Gasteiger charge is -2.21. The largest absolute Gasteiger partial charge is 0.339 e. The predicted molar refractivity (Wildman–Crippen MR) is 52.3 cm³/mol. The minimum absolute atomic E-state index is 0.108.